The molecule has 0 saturated carbocycles. The number of pyridine rings is 1. The van der Waals surface area contributed by atoms with Gasteiger partial charge in [0.25, 0.3) is 10.1 Å². The second kappa shape index (κ2) is 4.15. The number of anilines is 1. The second-order valence-corrected chi connectivity index (χ2v) is 4.87. The Balaban J connectivity index is 2.43. The molecule has 0 saturated heterocycles. The quantitative estimate of drug-likeness (QED) is 0.789. The highest BCUT2D eigenvalue weighted by molar-refractivity contribution is 7.85. The average molecular weight is 250 g/mol. The number of benzene rings is 1. The van der Waals surface area contributed by atoms with Crippen LogP contribution in [0, 0.1) is 0 Å². The second-order valence-electron chi connectivity index (χ2n) is 3.45. The van der Waals surface area contributed by atoms with Crippen molar-refractivity contribution in [2.24, 2.45) is 0 Å². The van der Waals surface area contributed by atoms with Crippen molar-refractivity contribution in [3.8, 4) is 11.3 Å². The highest BCUT2D eigenvalue weighted by Gasteiger charge is 2.09. The van der Waals surface area contributed by atoms with Crippen molar-refractivity contribution in [2.45, 2.75) is 4.90 Å². The Kier molecular flexibility index (Phi) is 2.83. The van der Waals surface area contributed by atoms with Crippen molar-refractivity contribution in [1.29, 1.82) is 0 Å². The Morgan fingerprint density at radius 1 is 1.06 bits per heavy atom. The number of nitrogens with two attached hydrogens (primary N) is 1. The van der Waals surface area contributed by atoms with Gasteiger partial charge in [-0.05, 0) is 24.3 Å². The van der Waals surface area contributed by atoms with E-state index >= 15 is 0 Å². The molecule has 3 N–H and O–H groups in total. The van der Waals surface area contributed by atoms with Crippen LogP contribution < -0.4 is 5.73 Å². The van der Waals surface area contributed by atoms with Crippen LogP contribution in [-0.4, -0.2) is 18.0 Å². The normalized spacial score (nSPS) is 11.4. The Hall–Kier alpha value is -1.92. The van der Waals surface area contributed by atoms with Gasteiger partial charge in [-0.1, -0.05) is 18.2 Å². The first-order valence-electron chi connectivity index (χ1n) is 4.77. The number of hydrogen-bond donors (Lipinski definition) is 2. The van der Waals surface area contributed by atoms with Gasteiger partial charge in [-0.2, -0.15) is 8.42 Å². The van der Waals surface area contributed by atoms with Crippen LogP contribution in [-0.2, 0) is 10.1 Å². The summed E-state index contributed by atoms with van der Waals surface area (Å²) >= 11 is 0. The largest absolute Gasteiger partial charge is 0.384 e. The van der Waals surface area contributed by atoms with E-state index in [2.05, 4.69) is 4.98 Å². The molecule has 0 bridgehead atoms. The van der Waals surface area contributed by atoms with Gasteiger partial charge >= 0.3 is 0 Å². The minimum absolute atomic E-state index is 0.148. The minimum atomic E-state index is -4.16. The molecule has 0 aliphatic heterocycles. The van der Waals surface area contributed by atoms with Crippen LogP contribution in [0.2, 0.25) is 0 Å². The highest BCUT2D eigenvalue weighted by Crippen LogP contribution is 2.20. The third-order valence-electron chi connectivity index (χ3n) is 2.22. The summed E-state index contributed by atoms with van der Waals surface area (Å²) in [5, 5.41) is 0. The zero-order valence-corrected chi connectivity index (χ0v) is 9.55. The molecule has 1 aromatic carbocycles. The van der Waals surface area contributed by atoms with Crippen LogP contribution in [0.4, 0.5) is 5.82 Å². The van der Waals surface area contributed by atoms with Gasteiger partial charge in [0.2, 0.25) is 0 Å². The molecule has 0 spiro atoms. The summed E-state index contributed by atoms with van der Waals surface area (Å²) in [6, 6.07) is 10.9. The summed E-state index contributed by atoms with van der Waals surface area (Å²) in [4.78, 5) is 3.95. The molecule has 2 rings (SSSR count). The van der Waals surface area contributed by atoms with Crippen molar-refractivity contribution < 1.29 is 13.0 Å². The third kappa shape index (κ3) is 2.61. The van der Waals surface area contributed by atoms with E-state index in [1.807, 2.05) is 0 Å². The summed E-state index contributed by atoms with van der Waals surface area (Å²) in [7, 11) is -4.16. The molecule has 1 aromatic heterocycles. The molecule has 17 heavy (non-hydrogen) atoms. The number of aromatic nitrogens is 1. The first-order chi connectivity index (χ1) is 7.97. The first kappa shape index (κ1) is 11.6. The van der Waals surface area contributed by atoms with Crippen LogP contribution in [0.5, 0.6) is 0 Å². The van der Waals surface area contributed by atoms with E-state index in [0.29, 0.717) is 11.5 Å². The van der Waals surface area contributed by atoms with Gasteiger partial charge in [-0.3, -0.25) is 4.55 Å². The third-order valence-corrected chi connectivity index (χ3v) is 3.09. The lowest BCUT2D eigenvalue weighted by Crippen LogP contribution is -1.97. The van der Waals surface area contributed by atoms with Crippen molar-refractivity contribution in [3.05, 3.63) is 42.5 Å². The molecule has 2 aromatic rings. The summed E-state index contributed by atoms with van der Waals surface area (Å²) in [5.74, 6) is 0.390. The monoisotopic (exact) mass is 250 g/mol. The van der Waals surface area contributed by atoms with Gasteiger partial charge in [0.1, 0.15) is 5.82 Å². The van der Waals surface area contributed by atoms with E-state index in [4.69, 9.17) is 10.3 Å². The Bertz CT molecular complexity index is 636. The van der Waals surface area contributed by atoms with Gasteiger partial charge in [0, 0.05) is 5.56 Å². The molecule has 0 radical (unpaired) electrons. The van der Waals surface area contributed by atoms with Gasteiger partial charge in [0.05, 0.1) is 10.6 Å². The summed E-state index contributed by atoms with van der Waals surface area (Å²) in [6.45, 7) is 0. The first-order valence-corrected chi connectivity index (χ1v) is 6.21. The Morgan fingerprint density at radius 2 is 1.71 bits per heavy atom. The van der Waals surface area contributed by atoms with Crippen LogP contribution >= 0.6 is 0 Å². The van der Waals surface area contributed by atoms with Crippen molar-refractivity contribution in [1.82, 2.24) is 4.98 Å². The average Bonchev–Trinajstić information content (AvgIpc) is 2.28. The van der Waals surface area contributed by atoms with E-state index in [1.165, 1.54) is 12.1 Å². The zero-order chi connectivity index (χ0) is 12.5. The zero-order valence-electron chi connectivity index (χ0n) is 8.74. The van der Waals surface area contributed by atoms with Gasteiger partial charge in [-0.15, -0.1) is 0 Å². The summed E-state index contributed by atoms with van der Waals surface area (Å²) < 4.78 is 30.5. The summed E-state index contributed by atoms with van der Waals surface area (Å²) in [5.41, 5.74) is 6.92. The van der Waals surface area contributed by atoms with E-state index < -0.39 is 10.1 Å². The van der Waals surface area contributed by atoms with Crippen LogP contribution in [0.3, 0.4) is 0 Å². The summed E-state index contributed by atoms with van der Waals surface area (Å²) in [6.07, 6.45) is 0. The standard InChI is InChI=1S/C11H10N2O3S/c12-11-3-1-2-10(13-11)8-4-6-9(7-5-8)17(14,15)16/h1-7H,(H2,12,13)(H,14,15,16). The van der Waals surface area contributed by atoms with Crippen LogP contribution in [0.25, 0.3) is 11.3 Å². The molecule has 1 heterocycles. The fourth-order valence-electron chi connectivity index (χ4n) is 1.41. The van der Waals surface area contributed by atoms with E-state index in [1.54, 1.807) is 30.3 Å². The van der Waals surface area contributed by atoms with Crippen LogP contribution in [0.15, 0.2) is 47.4 Å². The van der Waals surface area contributed by atoms with Crippen molar-refractivity contribution in [3.63, 3.8) is 0 Å². The van der Waals surface area contributed by atoms with E-state index in [-0.39, 0.29) is 4.90 Å². The lowest BCUT2D eigenvalue weighted by atomic mass is 10.1. The van der Waals surface area contributed by atoms with E-state index in [0.717, 1.165) is 5.56 Å². The Morgan fingerprint density at radius 3 is 2.24 bits per heavy atom. The molecule has 88 valence electrons. The van der Waals surface area contributed by atoms with Crippen molar-refractivity contribution in [2.75, 3.05) is 5.73 Å². The molecular formula is C11H10N2O3S. The topological polar surface area (TPSA) is 93.3 Å². The maximum atomic E-state index is 10.9. The Labute approximate surface area is 98.7 Å². The molecule has 6 heteroatoms. The molecule has 0 amide bonds. The number of hydrogen-bond acceptors (Lipinski definition) is 4. The number of nitrogen functional groups attached to an aromatic ring is 1. The SMILES string of the molecule is Nc1cccc(-c2ccc(S(=O)(=O)O)cc2)n1. The highest BCUT2D eigenvalue weighted by atomic mass is 32.2. The maximum absolute atomic E-state index is 10.9. The maximum Gasteiger partial charge on any atom is 0.294 e. The lowest BCUT2D eigenvalue weighted by molar-refractivity contribution is 0.483. The number of nitrogens with zero attached hydrogens (tertiary/aromatic N) is 1. The van der Waals surface area contributed by atoms with E-state index in [9.17, 15) is 8.42 Å². The van der Waals surface area contributed by atoms with Gasteiger partial charge in [0.15, 0.2) is 0 Å². The molecular weight excluding hydrogens is 240 g/mol. The minimum Gasteiger partial charge on any atom is -0.384 e. The van der Waals surface area contributed by atoms with Crippen molar-refractivity contribution >= 4 is 15.9 Å². The predicted molar refractivity (Wildman–Crippen MR) is 63.9 cm³/mol. The number of rotatable bonds is 2. The van der Waals surface area contributed by atoms with Gasteiger partial charge in [-0.25, -0.2) is 4.98 Å². The fraction of sp³-hybridized carbons (Fsp3) is 0. The molecule has 5 nitrogen and oxygen atoms in total. The molecule has 0 fully saturated rings. The molecule has 0 aliphatic rings. The lowest BCUT2D eigenvalue weighted by Gasteiger charge is -2.02. The smallest absolute Gasteiger partial charge is 0.294 e. The predicted octanol–water partition coefficient (Wildman–Crippen LogP) is 1.58. The van der Waals surface area contributed by atoms with Gasteiger partial charge < -0.3 is 5.73 Å². The molecule has 0 unspecified atom stereocenters. The fourth-order valence-corrected chi connectivity index (χ4v) is 1.89. The van der Waals surface area contributed by atoms with Crippen LogP contribution in [0.1, 0.15) is 0 Å². The molecule has 0 atom stereocenters. The molecule has 0 aliphatic carbocycles.